The van der Waals surface area contributed by atoms with Crippen molar-refractivity contribution < 1.29 is 41.0 Å². The largest absolute Gasteiger partial charge is 0.462 e. The van der Waals surface area contributed by atoms with E-state index in [9.17, 15) is 31.5 Å². The van der Waals surface area contributed by atoms with Crippen LogP contribution in [-0.4, -0.2) is 66.1 Å². The molecule has 4 rings (SSSR count). The minimum Gasteiger partial charge on any atom is -0.462 e. The lowest BCUT2D eigenvalue weighted by molar-refractivity contribution is -0.240. The summed E-state index contributed by atoms with van der Waals surface area (Å²) in [6, 6.07) is -1.38. The Morgan fingerprint density at radius 3 is 2.66 bits per heavy atom. The summed E-state index contributed by atoms with van der Waals surface area (Å²) in [4.78, 5) is 26.6. The molecule has 2 heterocycles. The summed E-state index contributed by atoms with van der Waals surface area (Å²) in [7, 11) is 0. The number of ether oxygens (including phenoxy) is 2. The Labute approximate surface area is 164 Å². The van der Waals surface area contributed by atoms with Crippen molar-refractivity contribution in [2.75, 3.05) is 6.61 Å². The second-order valence-corrected chi connectivity index (χ2v) is 8.13. The Kier molecular flexibility index (Phi) is 5.11. The third kappa shape index (κ3) is 3.33. The number of rotatable bonds is 2. The standard InChI is InChI=1S/C19H22F5NO4/c1-2-28-18(27)10-7-25-12-4-3-8(19(22,23)24)5-13(12)29-17-14(21)11(20)6-9(15(17)25)16(10)26/h7-9,11-15,17H,2-6H2,1H3. The highest BCUT2D eigenvalue weighted by Gasteiger charge is 2.60. The number of carbonyl (C=O) groups is 2. The fourth-order valence-electron chi connectivity index (χ4n) is 5.21. The van der Waals surface area contributed by atoms with Gasteiger partial charge in [0.1, 0.15) is 17.8 Å². The number of nitrogens with zero attached hydrogens (tertiary/aromatic N) is 1. The van der Waals surface area contributed by atoms with Crippen molar-refractivity contribution in [2.24, 2.45) is 11.8 Å². The van der Waals surface area contributed by atoms with Crippen molar-refractivity contribution in [1.29, 1.82) is 0 Å². The topological polar surface area (TPSA) is 55.8 Å². The molecule has 2 saturated carbocycles. The fourth-order valence-corrected chi connectivity index (χ4v) is 5.21. The fraction of sp³-hybridized carbons (Fsp3) is 0.789. The summed E-state index contributed by atoms with van der Waals surface area (Å²) in [6.07, 6.45) is -10.3. The Morgan fingerprint density at radius 1 is 1.28 bits per heavy atom. The van der Waals surface area contributed by atoms with E-state index in [0.717, 1.165) is 0 Å². The number of ketones is 1. The lowest BCUT2D eigenvalue weighted by atomic mass is 9.70. The van der Waals surface area contributed by atoms with E-state index >= 15 is 0 Å². The third-order valence-electron chi connectivity index (χ3n) is 6.54. The van der Waals surface area contributed by atoms with E-state index in [0.29, 0.717) is 0 Å². The number of hydrogen-bond acceptors (Lipinski definition) is 5. The van der Waals surface area contributed by atoms with Crippen LogP contribution in [0.5, 0.6) is 0 Å². The normalized spacial score (nSPS) is 41.9. The number of esters is 1. The number of Topliss-reactive ketones (excluding diaryl/α,β-unsaturated/α-hetero) is 1. The second kappa shape index (κ2) is 7.21. The Bertz CT molecular complexity index is 726. The first-order valence-corrected chi connectivity index (χ1v) is 9.84. The summed E-state index contributed by atoms with van der Waals surface area (Å²) in [5.74, 6) is -4.08. The van der Waals surface area contributed by atoms with E-state index in [-0.39, 0.29) is 31.4 Å². The van der Waals surface area contributed by atoms with Gasteiger partial charge in [0.2, 0.25) is 0 Å². The first-order valence-electron chi connectivity index (χ1n) is 9.84. The molecule has 1 saturated heterocycles. The minimum absolute atomic E-state index is 0.0287. The quantitative estimate of drug-likeness (QED) is 0.389. The summed E-state index contributed by atoms with van der Waals surface area (Å²) in [5.41, 5.74) is -0.269. The molecule has 3 fully saturated rings. The molecule has 0 bridgehead atoms. The van der Waals surface area contributed by atoms with Gasteiger partial charge in [-0.1, -0.05) is 0 Å². The molecule has 162 valence electrons. The highest BCUT2D eigenvalue weighted by atomic mass is 19.4. The number of alkyl halides is 5. The van der Waals surface area contributed by atoms with Crippen molar-refractivity contribution in [3.63, 3.8) is 0 Å². The molecule has 0 radical (unpaired) electrons. The van der Waals surface area contributed by atoms with Crippen molar-refractivity contribution in [3.05, 3.63) is 11.8 Å². The van der Waals surface area contributed by atoms with E-state index < -0.39 is 72.8 Å². The number of morpholine rings is 1. The monoisotopic (exact) mass is 423 g/mol. The molecular weight excluding hydrogens is 401 g/mol. The van der Waals surface area contributed by atoms with Crippen LogP contribution in [0.4, 0.5) is 22.0 Å². The first kappa shape index (κ1) is 20.6. The summed E-state index contributed by atoms with van der Waals surface area (Å²) in [5, 5.41) is 0. The molecule has 10 heteroatoms. The number of carbonyl (C=O) groups excluding carboxylic acids is 2. The van der Waals surface area contributed by atoms with Crippen molar-refractivity contribution in [3.8, 4) is 0 Å². The Balaban J connectivity index is 1.71. The predicted molar refractivity (Wildman–Crippen MR) is 89.1 cm³/mol. The summed E-state index contributed by atoms with van der Waals surface area (Å²) >= 11 is 0. The van der Waals surface area contributed by atoms with Crippen LogP contribution in [-0.2, 0) is 19.1 Å². The molecule has 29 heavy (non-hydrogen) atoms. The van der Waals surface area contributed by atoms with Gasteiger partial charge in [0.05, 0.1) is 30.7 Å². The summed E-state index contributed by atoms with van der Waals surface area (Å²) in [6.45, 7) is 1.60. The van der Waals surface area contributed by atoms with E-state index in [1.54, 1.807) is 11.8 Å². The zero-order valence-electron chi connectivity index (χ0n) is 15.7. The smallest absolute Gasteiger partial charge is 0.391 e. The summed E-state index contributed by atoms with van der Waals surface area (Å²) < 4.78 is 79.2. The van der Waals surface area contributed by atoms with Crippen molar-refractivity contribution in [1.82, 2.24) is 4.90 Å². The molecule has 0 aromatic rings. The van der Waals surface area contributed by atoms with Gasteiger partial charge in [-0.2, -0.15) is 13.2 Å². The number of hydrogen-bond donors (Lipinski definition) is 0. The maximum atomic E-state index is 14.6. The molecule has 0 aromatic heterocycles. The van der Waals surface area contributed by atoms with Crippen LogP contribution < -0.4 is 0 Å². The predicted octanol–water partition coefficient (Wildman–Crippen LogP) is 2.88. The van der Waals surface area contributed by atoms with E-state index in [4.69, 9.17) is 9.47 Å². The van der Waals surface area contributed by atoms with Crippen molar-refractivity contribution >= 4 is 11.8 Å². The Morgan fingerprint density at radius 2 is 2.00 bits per heavy atom. The van der Waals surface area contributed by atoms with Crippen LogP contribution in [0.2, 0.25) is 0 Å². The van der Waals surface area contributed by atoms with Gasteiger partial charge in [0.25, 0.3) is 0 Å². The molecule has 4 aliphatic rings. The zero-order valence-corrected chi connectivity index (χ0v) is 15.7. The number of halogens is 5. The zero-order chi connectivity index (χ0) is 21.1. The van der Waals surface area contributed by atoms with Gasteiger partial charge in [-0.25, -0.2) is 13.6 Å². The lowest BCUT2D eigenvalue weighted by Crippen LogP contribution is -2.70. The highest BCUT2D eigenvalue weighted by Crippen LogP contribution is 2.49. The average molecular weight is 423 g/mol. The lowest BCUT2D eigenvalue weighted by Gasteiger charge is -2.58. The van der Waals surface area contributed by atoms with Gasteiger partial charge in [0.15, 0.2) is 12.0 Å². The second-order valence-electron chi connectivity index (χ2n) is 8.13. The SMILES string of the molecule is CCOC(=O)C1=CN2C3CCC(C(F)(F)F)CC3OC3C(F)C(F)CC(C1=O)C32. The van der Waals surface area contributed by atoms with E-state index in [1.807, 2.05) is 0 Å². The Hall–Kier alpha value is -1.71. The van der Waals surface area contributed by atoms with Crippen LogP contribution in [0, 0.1) is 11.8 Å². The molecule has 0 spiro atoms. The van der Waals surface area contributed by atoms with Crippen LogP contribution >= 0.6 is 0 Å². The molecule has 8 atom stereocenters. The molecule has 5 nitrogen and oxygen atoms in total. The van der Waals surface area contributed by atoms with Gasteiger partial charge >= 0.3 is 12.1 Å². The van der Waals surface area contributed by atoms with Gasteiger partial charge in [0, 0.05) is 12.1 Å². The first-order chi connectivity index (χ1) is 13.6. The van der Waals surface area contributed by atoms with Crippen LogP contribution in [0.1, 0.15) is 32.6 Å². The van der Waals surface area contributed by atoms with E-state index in [1.165, 1.54) is 6.20 Å². The molecular formula is C19H22F5NO4. The third-order valence-corrected chi connectivity index (χ3v) is 6.54. The van der Waals surface area contributed by atoms with Crippen LogP contribution in [0.3, 0.4) is 0 Å². The molecule has 0 aromatic carbocycles. The molecule has 0 amide bonds. The number of fused-ring (bicyclic) bond motifs is 2. The van der Waals surface area contributed by atoms with Crippen LogP contribution in [0.15, 0.2) is 11.8 Å². The van der Waals surface area contributed by atoms with Gasteiger partial charge < -0.3 is 14.4 Å². The molecule has 8 unspecified atom stereocenters. The maximum Gasteiger partial charge on any atom is 0.391 e. The molecule has 0 N–H and O–H groups in total. The van der Waals surface area contributed by atoms with Gasteiger partial charge in [-0.3, -0.25) is 4.79 Å². The van der Waals surface area contributed by atoms with Gasteiger partial charge in [-0.05, 0) is 32.6 Å². The van der Waals surface area contributed by atoms with Gasteiger partial charge in [-0.15, -0.1) is 0 Å². The van der Waals surface area contributed by atoms with Crippen LogP contribution in [0.25, 0.3) is 0 Å². The highest BCUT2D eigenvalue weighted by molar-refractivity contribution is 6.18. The maximum absolute atomic E-state index is 14.6. The van der Waals surface area contributed by atoms with E-state index in [2.05, 4.69) is 0 Å². The minimum atomic E-state index is -4.40. The average Bonchev–Trinajstić information content (AvgIpc) is 2.66. The molecule has 2 aliphatic carbocycles. The molecule has 2 aliphatic heterocycles. The van der Waals surface area contributed by atoms with Crippen molar-refractivity contribution in [2.45, 2.75) is 75.4 Å².